The summed E-state index contributed by atoms with van der Waals surface area (Å²) < 4.78 is 5.87. The fourth-order valence-corrected chi connectivity index (χ4v) is 5.46. The maximum atomic E-state index is 12.8. The predicted molar refractivity (Wildman–Crippen MR) is 127 cm³/mol. The third-order valence-corrected chi connectivity index (χ3v) is 7.66. The summed E-state index contributed by atoms with van der Waals surface area (Å²) in [6.45, 7) is 5.18. The van der Waals surface area contributed by atoms with Crippen molar-refractivity contribution < 1.29 is 14.3 Å². The summed E-state index contributed by atoms with van der Waals surface area (Å²) in [6, 6.07) is 8.68. The molecule has 3 heteroatoms. The quantitative estimate of drug-likeness (QED) is 0.276. The summed E-state index contributed by atoms with van der Waals surface area (Å²) in [7, 11) is 0. The van der Waals surface area contributed by atoms with E-state index in [2.05, 4.69) is 38.1 Å². The number of hydrogen-bond donors (Lipinski definition) is 0. The molecular weight excluding hydrogens is 384 g/mol. The minimum Gasteiger partial charge on any atom is -0.494 e. The molecule has 0 bridgehead atoms. The highest BCUT2D eigenvalue weighted by Crippen LogP contribution is 2.39. The summed E-state index contributed by atoms with van der Waals surface area (Å²) in [6.07, 6.45) is 13.5. The van der Waals surface area contributed by atoms with Crippen LogP contribution in [0.1, 0.15) is 109 Å². The van der Waals surface area contributed by atoms with E-state index in [1.165, 1.54) is 24.8 Å². The van der Waals surface area contributed by atoms with Crippen LogP contribution in [0.2, 0.25) is 0 Å². The molecular formula is C28H42O3. The van der Waals surface area contributed by atoms with Gasteiger partial charge in [0.25, 0.3) is 0 Å². The number of ether oxygens (including phenoxy) is 1. The van der Waals surface area contributed by atoms with Crippen LogP contribution < -0.4 is 4.74 Å². The molecule has 2 aliphatic rings. The first-order valence-electron chi connectivity index (χ1n) is 12.9. The Balaban J connectivity index is 1.39. The molecule has 0 amide bonds. The zero-order chi connectivity index (χ0) is 22.1. The molecule has 2 atom stereocenters. The molecule has 0 spiro atoms. The van der Waals surface area contributed by atoms with Crippen molar-refractivity contribution in [2.24, 2.45) is 17.8 Å². The van der Waals surface area contributed by atoms with Gasteiger partial charge in [-0.05, 0) is 80.4 Å². The van der Waals surface area contributed by atoms with Crippen LogP contribution in [0.3, 0.4) is 0 Å². The summed E-state index contributed by atoms with van der Waals surface area (Å²) >= 11 is 0. The van der Waals surface area contributed by atoms with Crippen LogP contribution >= 0.6 is 0 Å². The van der Waals surface area contributed by atoms with E-state index in [4.69, 9.17) is 4.74 Å². The fraction of sp³-hybridized carbons (Fsp3) is 0.714. The lowest BCUT2D eigenvalue weighted by Crippen LogP contribution is -2.32. The second-order valence-electron chi connectivity index (χ2n) is 9.94. The van der Waals surface area contributed by atoms with Gasteiger partial charge < -0.3 is 4.74 Å². The summed E-state index contributed by atoms with van der Waals surface area (Å²) in [5.74, 6) is 2.67. The van der Waals surface area contributed by atoms with Gasteiger partial charge >= 0.3 is 0 Å². The normalized spacial score (nSPS) is 26.6. The van der Waals surface area contributed by atoms with Crippen molar-refractivity contribution >= 4 is 11.6 Å². The Labute approximate surface area is 189 Å². The van der Waals surface area contributed by atoms with E-state index in [0.29, 0.717) is 30.6 Å². The summed E-state index contributed by atoms with van der Waals surface area (Å²) in [5.41, 5.74) is 1.40. The van der Waals surface area contributed by atoms with Crippen molar-refractivity contribution in [3.63, 3.8) is 0 Å². The molecule has 0 N–H and O–H groups in total. The number of rotatable bonds is 11. The summed E-state index contributed by atoms with van der Waals surface area (Å²) in [4.78, 5) is 25.2. The highest BCUT2D eigenvalue weighted by Gasteiger charge is 2.34. The Morgan fingerprint density at radius 3 is 2.26 bits per heavy atom. The number of carbonyl (C=O) groups excluding carboxylic acids is 2. The van der Waals surface area contributed by atoms with Crippen LogP contribution in [0.25, 0.3) is 0 Å². The molecule has 1 aromatic rings. The second kappa shape index (κ2) is 12.4. The molecule has 2 saturated carbocycles. The molecule has 2 aliphatic carbocycles. The Bertz CT molecular complexity index is 685. The molecule has 0 saturated heterocycles. The monoisotopic (exact) mass is 426 g/mol. The number of Topliss-reactive ketones (excluding diaryl/α,β-unsaturated/α-hetero) is 2. The third-order valence-electron chi connectivity index (χ3n) is 7.66. The first-order valence-corrected chi connectivity index (χ1v) is 12.9. The molecule has 0 radical (unpaired) electrons. The molecule has 31 heavy (non-hydrogen) atoms. The van der Waals surface area contributed by atoms with Gasteiger partial charge in [-0.2, -0.15) is 0 Å². The zero-order valence-electron chi connectivity index (χ0n) is 19.7. The van der Waals surface area contributed by atoms with Gasteiger partial charge in [0.15, 0.2) is 0 Å². The zero-order valence-corrected chi connectivity index (χ0v) is 19.7. The predicted octanol–water partition coefficient (Wildman–Crippen LogP) is 7.27. The minimum absolute atomic E-state index is 0.212. The number of carbonyl (C=O) groups is 2. The second-order valence-corrected chi connectivity index (χ2v) is 9.94. The molecule has 3 nitrogen and oxygen atoms in total. The number of ketones is 2. The third kappa shape index (κ3) is 7.19. The van der Waals surface area contributed by atoms with Crippen molar-refractivity contribution in [2.45, 2.75) is 103 Å². The topological polar surface area (TPSA) is 43.4 Å². The molecule has 3 rings (SSSR count). The van der Waals surface area contributed by atoms with Gasteiger partial charge in [0.1, 0.15) is 17.3 Å². The van der Waals surface area contributed by atoms with Crippen molar-refractivity contribution in [1.29, 1.82) is 0 Å². The van der Waals surface area contributed by atoms with Crippen molar-refractivity contribution in [3.8, 4) is 5.75 Å². The van der Waals surface area contributed by atoms with E-state index in [0.717, 1.165) is 63.7 Å². The first kappa shape index (κ1) is 24.0. The van der Waals surface area contributed by atoms with Gasteiger partial charge in [-0.25, -0.2) is 0 Å². The first-order chi connectivity index (χ1) is 15.1. The highest BCUT2D eigenvalue weighted by molar-refractivity contribution is 6.02. The van der Waals surface area contributed by atoms with Gasteiger partial charge in [-0.3, -0.25) is 9.59 Å². The Morgan fingerprint density at radius 1 is 0.903 bits per heavy atom. The molecule has 0 heterocycles. The Kier molecular flexibility index (Phi) is 9.61. The minimum atomic E-state index is -0.296. The maximum Gasteiger partial charge on any atom is 0.143 e. The molecule has 1 aromatic carbocycles. The Morgan fingerprint density at radius 2 is 1.61 bits per heavy atom. The van der Waals surface area contributed by atoms with Crippen LogP contribution in [0.5, 0.6) is 5.75 Å². The van der Waals surface area contributed by atoms with Crippen LogP contribution in [-0.4, -0.2) is 18.2 Å². The number of benzene rings is 1. The molecule has 2 unspecified atom stereocenters. The average Bonchev–Trinajstić information content (AvgIpc) is 2.79. The van der Waals surface area contributed by atoms with E-state index in [1.54, 1.807) is 0 Å². The van der Waals surface area contributed by atoms with Crippen LogP contribution in [-0.2, 0) is 9.59 Å². The van der Waals surface area contributed by atoms with Crippen LogP contribution in [0.4, 0.5) is 0 Å². The number of hydrogen-bond acceptors (Lipinski definition) is 3. The van der Waals surface area contributed by atoms with Crippen LogP contribution in [0.15, 0.2) is 24.3 Å². The average molecular weight is 427 g/mol. The van der Waals surface area contributed by atoms with E-state index in [-0.39, 0.29) is 17.5 Å². The van der Waals surface area contributed by atoms with Gasteiger partial charge in [0.05, 0.1) is 12.5 Å². The smallest absolute Gasteiger partial charge is 0.143 e. The van der Waals surface area contributed by atoms with Gasteiger partial charge in [0.2, 0.25) is 0 Å². The number of unbranched alkanes of at least 4 members (excludes halogenated alkanes) is 3. The SMILES string of the molecule is CCCCCCOc1ccc([C@H]2CC[C@H](CC(=O)C3CCC(CC)CC3=O)CC2)cc1. The van der Waals surface area contributed by atoms with Gasteiger partial charge in [0, 0.05) is 12.8 Å². The van der Waals surface area contributed by atoms with Crippen molar-refractivity contribution in [1.82, 2.24) is 0 Å². The van der Waals surface area contributed by atoms with E-state index in [1.807, 2.05) is 0 Å². The summed E-state index contributed by atoms with van der Waals surface area (Å²) in [5, 5.41) is 0. The fourth-order valence-electron chi connectivity index (χ4n) is 5.46. The van der Waals surface area contributed by atoms with E-state index >= 15 is 0 Å². The lowest BCUT2D eigenvalue weighted by molar-refractivity contribution is -0.136. The van der Waals surface area contributed by atoms with E-state index in [9.17, 15) is 9.59 Å². The van der Waals surface area contributed by atoms with Crippen molar-refractivity contribution in [2.75, 3.05) is 6.61 Å². The lowest BCUT2D eigenvalue weighted by atomic mass is 9.73. The van der Waals surface area contributed by atoms with Gasteiger partial charge in [-0.15, -0.1) is 0 Å². The van der Waals surface area contributed by atoms with Crippen molar-refractivity contribution in [3.05, 3.63) is 29.8 Å². The lowest BCUT2D eigenvalue weighted by Gasteiger charge is -2.30. The molecule has 2 fully saturated rings. The highest BCUT2D eigenvalue weighted by atomic mass is 16.5. The maximum absolute atomic E-state index is 12.8. The van der Waals surface area contributed by atoms with Crippen LogP contribution in [0, 0.1) is 17.8 Å². The standard InChI is InChI=1S/C28H42O3/c1-3-5-6-7-18-31-25-15-13-24(14-16-25)23-11-8-22(9-12-23)20-28(30)26-17-10-21(4-2)19-27(26)29/h13-16,21-23,26H,3-12,17-20H2,1-2H3/t21?,22-,23-,26?. The molecule has 172 valence electrons. The Hall–Kier alpha value is -1.64. The molecule has 0 aliphatic heterocycles. The largest absolute Gasteiger partial charge is 0.494 e. The van der Waals surface area contributed by atoms with Gasteiger partial charge in [-0.1, -0.05) is 51.7 Å². The molecule has 0 aromatic heterocycles. The van der Waals surface area contributed by atoms with E-state index < -0.39 is 0 Å².